The van der Waals surface area contributed by atoms with Crippen LogP contribution < -0.4 is 64.1 Å². The van der Waals surface area contributed by atoms with Crippen molar-refractivity contribution in [2.75, 3.05) is 126 Å². The summed E-state index contributed by atoms with van der Waals surface area (Å²) in [6.07, 6.45) is 5.07. The van der Waals surface area contributed by atoms with Gasteiger partial charge in [-0.15, -0.1) is 11.0 Å². The minimum atomic E-state index is -1.00. The maximum Gasteiger partial charge on any atom is 1.00 e. The van der Waals surface area contributed by atoms with Crippen LogP contribution in [0.5, 0.6) is 0 Å². The van der Waals surface area contributed by atoms with Gasteiger partial charge in [-0.1, -0.05) is 75.5 Å². The fourth-order valence-electron chi connectivity index (χ4n) is 9.32. The van der Waals surface area contributed by atoms with E-state index in [1.54, 1.807) is 30.7 Å². The molecule has 3 aromatic carbocycles. The Balaban J connectivity index is 0.000000247. The summed E-state index contributed by atoms with van der Waals surface area (Å²) in [7, 11) is 1.01. The quantitative estimate of drug-likeness (QED) is 0.0813. The molecule has 9 heterocycles. The van der Waals surface area contributed by atoms with Crippen molar-refractivity contribution in [3.05, 3.63) is 134 Å². The number of fused-ring (bicyclic) bond motifs is 9. The summed E-state index contributed by atoms with van der Waals surface area (Å²) in [6, 6.07) is 29.4. The second-order valence-corrected chi connectivity index (χ2v) is 17.9. The number of pyridine rings is 3. The number of esters is 3. The number of aryl methyl sites for hydroxylation is 1. The number of hydrogen-bond acceptors (Lipinski definition) is 15. The second kappa shape index (κ2) is 33.5. The number of nitrogens with zero attached hydrogens (tertiary/aromatic N) is 8. The van der Waals surface area contributed by atoms with Gasteiger partial charge in [0.2, 0.25) is 0 Å². The molecule has 3 aliphatic heterocycles. The Labute approximate surface area is 512 Å². The number of H-pyrrole nitrogens is 1. The Morgan fingerprint density at radius 3 is 1.51 bits per heavy atom. The topological polar surface area (TPSA) is 190 Å². The molecule has 0 radical (unpaired) electrons. The van der Waals surface area contributed by atoms with Gasteiger partial charge in [0.1, 0.15) is 36.9 Å². The van der Waals surface area contributed by atoms with Crippen molar-refractivity contribution in [3.8, 4) is 0 Å². The molecule has 18 nitrogen and oxygen atoms in total. The molecule has 0 spiro atoms. The third-order valence-corrected chi connectivity index (χ3v) is 13.4. The average molecular weight is 1120 g/mol. The number of carbonyl (C=O) groups excluding carboxylic acids is 3. The zero-order valence-electron chi connectivity index (χ0n) is 46.0. The van der Waals surface area contributed by atoms with Gasteiger partial charge < -0.3 is 50.4 Å². The predicted octanol–water partition coefficient (Wildman–Crippen LogP) is 2.57. The minimum Gasteiger partial charge on any atom is -0.656 e. The molecule has 0 saturated carbocycles. The number of rotatable bonds is 12. The molecule has 3 saturated heterocycles. The molecule has 0 bridgehead atoms. The summed E-state index contributed by atoms with van der Waals surface area (Å²) >= 11 is 0. The molecule has 3 fully saturated rings. The molecule has 6 aromatic heterocycles. The van der Waals surface area contributed by atoms with E-state index in [-0.39, 0.29) is 93.3 Å². The minimum absolute atomic E-state index is 0. The summed E-state index contributed by atoms with van der Waals surface area (Å²) in [5.74, 6) is -1.14. The van der Waals surface area contributed by atoms with Crippen LogP contribution in [-0.4, -0.2) is 183 Å². The van der Waals surface area contributed by atoms with Gasteiger partial charge >= 0.3 is 77.0 Å². The summed E-state index contributed by atoms with van der Waals surface area (Å²) in [6.45, 7) is 13.0. The number of morpholine rings is 3. The number of hydrogen-bond donors (Lipinski definition) is 1. The van der Waals surface area contributed by atoms with Gasteiger partial charge in [0.05, 0.1) is 71.6 Å². The second-order valence-electron chi connectivity index (χ2n) is 17.9. The molecule has 416 valence electrons. The number of aromatic amines is 1. The van der Waals surface area contributed by atoms with Crippen LogP contribution >= 0.6 is 0 Å². The molecule has 0 amide bonds. The largest absolute Gasteiger partial charge is 1.00 e. The fourth-order valence-corrected chi connectivity index (χ4v) is 9.32. The normalized spacial score (nSPS) is 14.7. The van der Waals surface area contributed by atoms with E-state index >= 15 is 0 Å². The first-order valence-electron chi connectivity index (χ1n) is 25.8. The Morgan fingerprint density at radius 1 is 0.550 bits per heavy atom. The van der Waals surface area contributed by atoms with Crippen molar-refractivity contribution < 1.29 is 108 Å². The summed E-state index contributed by atoms with van der Waals surface area (Å²) in [5.41, 5.74) is 6.80. The Kier molecular flexibility index (Phi) is 27.4. The van der Waals surface area contributed by atoms with Gasteiger partial charge in [-0.25, -0.2) is 24.4 Å². The van der Waals surface area contributed by atoms with E-state index < -0.39 is 13.1 Å². The molecular weight excluding hydrogens is 1040 g/mol. The summed E-state index contributed by atoms with van der Waals surface area (Å²) in [4.78, 5) is 64.0. The summed E-state index contributed by atoms with van der Waals surface area (Å²) < 4.78 is 49.6. The van der Waals surface area contributed by atoms with Crippen molar-refractivity contribution in [1.29, 1.82) is 0 Å². The zero-order valence-corrected chi connectivity index (χ0v) is 49.0. The van der Waals surface area contributed by atoms with Crippen molar-refractivity contribution in [1.82, 2.24) is 44.2 Å². The molecule has 9 aromatic rings. The fraction of sp³-hybridized carbons (Fsp3) is 0.373. The van der Waals surface area contributed by atoms with Gasteiger partial charge in [0.15, 0.2) is 0 Å². The Bertz CT molecular complexity index is 3250. The maximum atomic E-state index is 12.3. The number of aromatic nitrogens is 6. The molecule has 0 atom stereocenters. The van der Waals surface area contributed by atoms with Gasteiger partial charge in [-0.3, -0.25) is 24.1 Å². The van der Waals surface area contributed by atoms with Crippen LogP contribution in [0.2, 0.25) is 0 Å². The maximum absolute atomic E-state index is 12.3. The molecule has 0 aliphatic carbocycles. The third-order valence-electron chi connectivity index (χ3n) is 13.4. The monoisotopic (exact) mass is 1120 g/mol. The van der Waals surface area contributed by atoms with E-state index in [0.29, 0.717) is 36.9 Å². The van der Waals surface area contributed by atoms with E-state index in [0.717, 1.165) is 164 Å². The van der Waals surface area contributed by atoms with Crippen LogP contribution in [0, 0.1) is 7.43 Å². The van der Waals surface area contributed by atoms with E-state index in [9.17, 15) is 18.8 Å². The first kappa shape index (κ1) is 65.4. The first-order valence-corrected chi connectivity index (χ1v) is 25.1. The number of ether oxygens (including phenoxy) is 6. The third kappa shape index (κ3) is 16.9. The summed E-state index contributed by atoms with van der Waals surface area (Å²) in [5, 5.41) is 6.16. The zero-order chi connectivity index (χ0) is 52.6. The molecular formula is C59H72FN9Na2O9. The van der Waals surface area contributed by atoms with Crippen molar-refractivity contribution in [2.24, 2.45) is 7.05 Å². The molecule has 0 unspecified atom stereocenters. The Hall–Kier alpha value is -5.39. The van der Waals surface area contributed by atoms with Crippen molar-refractivity contribution in [3.63, 3.8) is 0 Å². The molecule has 80 heavy (non-hydrogen) atoms. The number of nitrogens with one attached hydrogen (secondary N) is 1. The molecule has 1 N–H and O–H groups in total. The molecule has 12 rings (SSSR count). The molecule has 21 heteroatoms. The van der Waals surface area contributed by atoms with E-state index in [1.807, 2.05) is 73.8 Å². The number of halogens is 1. The van der Waals surface area contributed by atoms with Gasteiger partial charge in [-0.2, -0.15) is 0 Å². The number of benzene rings is 3. The van der Waals surface area contributed by atoms with Crippen LogP contribution in [0.25, 0.3) is 65.4 Å². The number of carbonyl (C=O) groups is 3. The first-order chi connectivity index (χ1) is 37.3. The SMILES string of the molecule is C.C.Cn1c2ccccc2c2cc(C(=O)OCCN3CCOCC3)ncc21.O=C(OCCN1CCOCC1)c1cc2c(cn1)[n-]c1ccccc12.O=C(OCCN1CCOCC1)c1cc2c(cn1)[nH]c1ccccc12.[2H]CF.[CH3-].[Na+].[Na+]. The van der Waals surface area contributed by atoms with E-state index in [1.165, 1.54) is 0 Å². The average Bonchev–Trinajstić information content (AvgIpc) is 4.18. The van der Waals surface area contributed by atoms with Crippen LogP contribution in [0.4, 0.5) is 4.39 Å². The smallest absolute Gasteiger partial charge is 0.656 e. The predicted molar refractivity (Wildman–Crippen MR) is 304 cm³/mol. The molecule has 3 aliphatic rings. The van der Waals surface area contributed by atoms with Crippen LogP contribution in [-0.2, 0) is 35.5 Å². The van der Waals surface area contributed by atoms with E-state index in [4.69, 9.17) is 29.8 Å². The number of para-hydroxylation sites is 3. The van der Waals surface area contributed by atoms with Crippen LogP contribution in [0.1, 0.15) is 47.7 Å². The van der Waals surface area contributed by atoms with Gasteiger partial charge in [-0.05, 0) is 41.1 Å². The van der Waals surface area contributed by atoms with E-state index in [2.05, 4.69) is 56.3 Å². The van der Waals surface area contributed by atoms with Crippen LogP contribution in [0.15, 0.2) is 110 Å². The van der Waals surface area contributed by atoms with Crippen LogP contribution in [0.3, 0.4) is 0 Å². The Morgan fingerprint density at radius 2 is 0.975 bits per heavy atom. The number of alkyl halides is 1. The standard InChI is InChI=1S/C19H21N3O3.2C18H19N3O3.CH3F.2CH4.CH3.2Na/c1-21-17-5-3-2-4-14(17)15-12-16(20-13-18(15)21)19(23)25-11-8-22-6-9-24-10-7-22;2*22-18(24-10-7-21-5-8-23-9-6-21)16-11-14-13-3-1-2-4-15(13)20-17(14)12-19-16;1-2;;;;;/h2-5,12-13H,6-11H2,1H3;1-4,11-12H,5-10H2,(H,19,20,22);1-4,11-12,20H,5-10H2;1H3;2*1H4;1H3;;/q;;;;;;-1;2*+1/p-1/i;;;1D;;;;;. The van der Waals surface area contributed by atoms with Crippen molar-refractivity contribution >= 4 is 83.3 Å². The van der Waals surface area contributed by atoms with Crippen molar-refractivity contribution in [2.45, 2.75) is 14.9 Å². The van der Waals surface area contributed by atoms with Gasteiger partial charge in [0.25, 0.3) is 0 Å². The van der Waals surface area contributed by atoms with Gasteiger partial charge in [0, 0.05) is 105 Å².